The van der Waals surface area contributed by atoms with E-state index in [-0.39, 0.29) is 11.3 Å². The van der Waals surface area contributed by atoms with Gasteiger partial charge in [-0.05, 0) is 48.4 Å². The minimum Gasteiger partial charge on any atom is -0.494 e. The van der Waals surface area contributed by atoms with Crippen LogP contribution in [0.25, 0.3) is 6.08 Å². The molecule has 2 aromatic rings. The van der Waals surface area contributed by atoms with Crippen LogP contribution < -0.4 is 10.1 Å². The van der Waals surface area contributed by atoms with Gasteiger partial charge in [0.15, 0.2) is 0 Å². The topological polar surface area (TPSA) is 62.1 Å². The van der Waals surface area contributed by atoms with Crippen molar-refractivity contribution < 1.29 is 22.7 Å². The van der Waals surface area contributed by atoms with E-state index in [4.69, 9.17) is 16.3 Å². The summed E-state index contributed by atoms with van der Waals surface area (Å²) in [5.41, 5.74) is -0.870. The second-order valence-corrected chi connectivity index (χ2v) is 6.49. The highest BCUT2D eigenvalue weighted by molar-refractivity contribution is 6.31. The number of rotatable bonds is 7. The number of ether oxygens (including phenoxy) is 1. The Kier molecular flexibility index (Phi) is 7.68. The maximum Gasteiger partial charge on any atom is 0.417 e. The Morgan fingerprint density at radius 3 is 2.52 bits per heavy atom. The maximum absolute atomic E-state index is 12.9. The van der Waals surface area contributed by atoms with Crippen molar-refractivity contribution in [1.82, 2.24) is 0 Å². The quantitative estimate of drug-likeness (QED) is 0.334. The summed E-state index contributed by atoms with van der Waals surface area (Å²) in [7, 11) is 0. The van der Waals surface area contributed by atoms with E-state index in [9.17, 15) is 23.2 Å². The van der Waals surface area contributed by atoms with Crippen molar-refractivity contribution >= 4 is 29.3 Å². The van der Waals surface area contributed by atoms with Crippen molar-refractivity contribution in [1.29, 1.82) is 5.26 Å². The second kappa shape index (κ2) is 9.99. The smallest absolute Gasteiger partial charge is 0.417 e. The van der Waals surface area contributed by atoms with Crippen LogP contribution in [-0.2, 0) is 11.0 Å². The molecule has 2 aromatic carbocycles. The van der Waals surface area contributed by atoms with E-state index >= 15 is 0 Å². The number of carbonyl (C=O) groups is 1. The lowest BCUT2D eigenvalue weighted by Crippen LogP contribution is -2.14. The highest BCUT2D eigenvalue weighted by Crippen LogP contribution is 2.36. The van der Waals surface area contributed by atoms with Crippen molar-refractivity contribution in [2.45, 2.75) is 25.9 Å². The van der Waals surface area contributed by atoms with E-state index in [0.29, 0.717) is 17.9 Å². The number of anilines is 1. The van der Waals surface area contributed by atoms with Crippen LogP contribution in [0.5, 0.6) is 5.75 Å². The first-order valence-electron chi connectivity index (χ1n) is 8.77. The molecule has 0 atom stereocenters. The highest BCUT2D eigenvalue weighted by Gasteiger charge is 2.33. The summed E-state index contributed by atoms with van der Waals surface area (Å²) in [5.74, 6) is -0.161. The van der Waals surface area contributed by atoms with Gasteiger partial charge in [0.2, 0.25) is 0 Å². The van der Waals surface area contributed by atoms with Crippen LogP contribution in [0.3, 0.4) is 0 Å². The van der Waals surface area contributed by atoms with Crippen molar-refractivity contribution in [3.05, 3.63) is 64.2 Å². The van der Waals surface area contributed by atoms with Crippen molar-refractivity contribution in [3.8, 4) is 11.8 Å². The number of nitriles is 1. The number of unbranched alkanes of at least 4 members (excludes halogenated alkanes) is 1. The molecule has 0 bridgehead atoms. The number of alkyl halides is 3. The van der Waals surface area contributed by atoms with Gasteiger partial charge >= 0.3 is 6.18 Å². The summed E-state index contributed by atoms with van der Waals surface area (Å²) < 4.78 is 44.4. The fraction of sp³-hybridized carbons (Fsp3) is 0.238. The standard InChI is InChI=1S/C21H18ClF3N2O2/c1-2-3-10-29-17-7-4-14(5-8-17)11-15(13-26)20(28)27-16-6-9-19(22)18(12-16)21(23,24)25/h4-9,11-12H,2-3,10H2,1H3,(H,27,28)/b15-11+. The van der Waals surface area contributed by atoms with Crippen LogP contribution in [0.2, 0.25) is 5.02 Å². The zero-order valence-electron chi connectivity index (χ0n) is 15.5. The molecule has 1 N–H and O–H groups in total. The summed E-state index contributed by atoms with van der Waals surface area (Å²) in [6, 6.07) is 11.5. The minimum atomic E-state index is -4.66. The number of carbonyl (C=O) groups excluding carboxylic acids is 1. The molecular formula is C21H18ClF3N2O2. The van der Waals surface area contributed by atoms with Crippen LogP contribution in [0, 0.1) is 11.3 Å². The predicted octanol–water partition coefficient (Wildman–Crippen LogP) is 6.08. The van der Waals surface area contributed by atoms with Crippen LogP contribution in [0.4, 0.5) is 18.9 Å². The number of halogens is 4. The summed E-state index contributed by atoms with van der Waals surface area (Å²) in [4.78, 5) is 12.3. The van der Waals surface area contributed by atoms with Gasteiger partial charge in [0.05, 0.1) is 17.2 Å². The molecule has 2 rings (SSSR count). The van der Waals surface area contributed by atoms with Gasteiger partial charge in [0.1, 0.15) is 17.4 Å². The lowest BCUT2D eigenvalue weighted by Gasteiger charge is -2.11. The third-order valence-electron chi connectivity index (χ3n) is 3.85. The first kappa shape index (κ1) is 22.3. The average molecular weight is 423 g/mol. The van der Waals surface area contributed by atoms with Crippen LogP contribution in [-0.4, -0.2) is 12.5 Å². The number of nitrogens with one attached hydrogen (secondary N) is 1. The molecule has 0 aromatic heterocycles. The third-order valence-corrected chi connectivity index (χ3v) is 4.18. The van der Waals surface area contributed by atoms with Crippen LogP contribution in [0.15, 0.2) is 48.0 Å². The zero-order valence-corrected chi connectivity index (χ0v) is 16.3. The largest absolute Gasteiger partial charge is 0.494 e. The molecule has 0 spiro atoms. The molecule has 29 heavy (non-hydrogen) atoms. The Morgan fingerprint density at radius 1 is 1.24 bits per heavy atom. The molecular weight excluding hydrogens is 405 g/mol. The van der Waals surface area contributed by atoms with E-state index in [0.717, 1.165) is 25.0 Å². The Balaban J connectivity index is 2.14. The number of hydrogen-bond acceptors (Lipinski definition) is 3. The number of nitrogens with zero attached hydrogens (tertiary/aromatic N) is 1. The first-order chi connectivity index (χ1) is 13.7. The van der Waals surface area contributed by atoms with E-state index in [2.05, 4.69) is 12.2 Å². The Bertz CT molecular complexity index is 932. The molecule has 0 radical (unpaired) electrons. The molecule has 0 aliphatic rings. The van der Waals surface area contributed by atoms with E-state index in [1.165, 1.54) is 12.1 Å². The molecule has 0 fully saturated rings. The monoisotopic (exact) mass is 422 g/mol. The predicted molar refractivity (Wildman–Crippen MR) is 106 cm³/mol. The Labute approximate surface area is 171 Å². The van der Waals surface area contributed by atoms with Crippen molar-refractivity contribution in [3.63, 3.8) is 0 Å². The fourth-order valence-electron chi connectivity index (χ4n) is 2.33. The summed E-state index contributed by atoms with van der Waals surface area (Å²) >= 11 is 5.56. The van der Waals surface area contributed by atoms with Gasteiger partial charge in [0.25, 0.3) is 5.91 Å². The maximum atomic E-state index is 12.9. The minimum absolute atomic E-state index is 0.118. The van der Waals surface area contributed by atoms with Gasteiger partial charge in [-0.15, -0.1) is 0 Å². The van der Waals surface area contributed by atoms with E-state index in [1.54, 1.807) is 30.3 Å². The van der Waals surface area contributed by atoms with Gasteiger partial charge in [-0.25, -0.2) is 0 Å². The lowest BCUT2D eigenvalue weighted by molar-refractivity contribution is -0.137. The van der Waals surface area contributed by atoms with E-state index in [1.807, 2.05) is 0 Å². The van der Waals surface area contributed by atoms with Crippen LogP contribution >= 0.6 is 11.6 Å². The molecule has 0 saturated carbocycles. The van der Waals surface area contributed by atoms with Crippen molar-refractivity contribution in [2.75, 3.05) is 11.9 Å². The SMILES string of the molecule is CCCCOc1ccc(/C=C(\C#N)C(=O)Nc2ccc(Cl)c(C(F)(F)F)c2)cc1. The Morgan fingerprint density at radius 2 is 1.93 bits per heavy atom. The molecule has 8 heteroatoms. The molecule has 0 aliphatic heterocycles. The number of hydrogen-bond donors (Lipinski definition) is 1. The lowest BCUT2D eigenvalue weighted by atomic mass is 10.1. The fourth-order valence-corrected chi connectivity index (χ4v) is 2.55. The molecule has 0 aliphatic carbocycles. The van der Waals surface area contributed by atoms with Gasteiger partial charge in [-0.1, -0.05) is 37.1 Å². The molecule has 0 saturated heterocycles. The van der Waals surface area contributed by atoms with Gasteiger partial charge < -0.3 is 10.1 Å². The Hall–Kier alpha value is -2.98. The molecule has 0 heterocycles. The molecule has 0 unspecified atom stereocenters. The van der Waals surface area contributed by atoms with Crippen molar-refractivity contribution in [2.24, 2.45) is 0 Å². The summed E-state index contributed by atoms with van der Waals surface area (Å²) in [6.07, 6.45) is -1.38. The average Bonchev–Trinajstić information content (AvgIpc) is 2.68. The first-order valence-corrected chi connectivity index (χ1v) is 9.15. The third kappa shape index (κ3) is 6.54. The van der Waals surface area contributed by atoms with Gasteiger partial charge in [0, 0.05) is 5.69 Å². The number of amides is 1. The molecule has 152 valence electrons. The zero-order chi connectivity index (χ0) is 21.4. The summed E-state index contributed by atoms with van der Waals surface area (Å²) in [5, 5.41) is 11.1. The van der Waals surface area contributed by atoms with E-state index < -0.39 is 22.7 Å². The molecule has 4 nitrogen and oxygen atoms in total. The van der Waals surface area contributed by atoms with Gasteiger partial charge in [-0.3, -0.25) is 4.79 Å². The number of benzene rings is 2. The summed E-state index contributed by atoms with van der Waals surface area (Å²) in [6.45, 7) is 2.65. The van der Waals surface area contributed by atoms with Crippen LogP contribution in [0.1, 0.15) is 30.9 Å². The molecule has 1 amide bonds. The van der Waals surface area contributed by atoms with Gasteiger partial charge in [-0.2, -0.15) is 18.4 Å². The normalized spacial score (nSPS) is 11.7. The second-order valence-electron chi connectivity index (χ2n) is 6.09. The highest BCUT2D eigenvalue weighted by atomic mass is 35.5.